The van der Waals surface area contributed by atoms with Gasteiger partial charge in [0.15, 0.2) is 5.58 Å². The monoisotopic (exact) mass is 264 g/mol. The molecule has 0 fully saturated rings. The first kappa shape index (κ1) is 13.4. The maximum absolute atomic E-state index is 11.8. The van der Waals surface area contributed by atoms with E-state index in [4.69, 9.17) is 4.42 Å². The van der Waals surface area contributed by atoms with Gasteiger partial charge < -0.3 is 14.4 Å². The largest absolute Gasteiger partial charge is 0.417 e. The highest BCUT2D eigenvalue weighted by atomic mass is 16.4. The van der Waals surface area contributed by atoms with Gasteiger partial charge in [0.25, 0.3) is 5.91 Å². The average Bonchev–Trinajstić information content (AvgIpc) is 2.66. The molecule has 2 aromatic rings. The molecule has 0 radical (unpaired) electrons. The molecule has 0 aliphatic carbocycles. The number of carbonyl (C=O) groups is 1. The van der Waals surface area contributed by atoms with E-state index in [2.05, 4.69) is 4.98 Å². The molecule has 19 heavy (non-hydrogen) atoms. The van der Waals surface area contributed by atoms with Crippen LogP contribution in [0.15, 0.2) is 27.4 Å². The third-order valence-corrected chi connectivity index (χ3v) is 2.78. The lowest BCUT2D eigenvalue weighted by Crippen LogP contribution is -2.42. The zero-order valence-electron chi connectivity index (χ0n) is 11.1. The molecule has 1 heterocycles. The van der Waals surface area contributed by atoms with Gasteiger partial charge in [-0.15, -0.1) is 0 Å². The fourth-order valence-corrected chi connectivity index (χ4v) is 1.90. The van der Waals surface area contributed by atoms with Gasteiger partial charge in [-0.25, -0.2) is 4.79 Å². The van der Waals surface area contributed by atoms with Crippen molar-refractivity contribution in [3.05, 3.63) is 34.3 Å². The summed E-state index contributed by atoms with van der Waals surface area (Å²) in [5.41, 5.74) is 0.478. The summed E-state index contributed by atoms with van der Waals surface area (Å²) in [5, 5.41) is 9.65. The molecular formula is C13H16N2O4. The van der Waals surface area contributed by atoms with Crippen molar-refractivity contribution in [3.63, 3.8) is 0 Å². The molecule has 0 atom stereocenters. The molecule has 6 heteroatoms. The first-order valence-electron chi connectivity index (χ1n) is 5.87. The highest BCUT2D eigenvalue weighted by molar-refractivity contribution is 5.84. The summed E-state index contributed by atoms with van der Waals surface area (Å²) in [6, 6.07) is 5.21. The number of amides is 1. The minimum atomic E-state index is -1.40. The van der Waals surface area contributed by atoms with E-state index in [9.17, 15) is 14.7 Å². The van der Waals surface area contributed by atoms with E-state index < -0.39 is 11.4 Å². The van der Waals surface area contributed by atoms with Crippen LogP contribution in [0.1, 0.15) is 19.4 Å². The molecule has 2 rings (SSSR count). The lowest BCUT2D eigenvalue weighted by molar-refractivity contribution is -0.146. The third kappa shape index (κ3) is 2.85. The second-order valence-corrected chi connectivity index (χ2v) is 5.07. The summed E-state index contributed by atoms with van der Waals surface area (Å²) >= 11 is 0. The van der Waals surface area contributed by atoms with Crippen molar-refractivity contribution in [2.45, 2.75) is 26.0 Å². The Labute approximate surface area is 109 Å². The van der Waals surface area contributed by atoms with Gasteiger partial charge in [0.1, 0.15) is 5.60 Å². The molecule has 2 N–H and O–H groups in total. The number of nitrogens with zero attached hydrogens (tertiary/aromatic N) is 1. The van der Waals surface area contributed by atoms with Crippen molar-refractivity contribution in [1.82, 2.24) is 9.88 Å². The summed E-state index contributed by atoms with van der Waals surface area (Å²) in [6.07, 6.45) is 0. The minimum absolute atomic E-state index is 0.327. The van der Waals surface area contributed by atoms with Crippen LogP contribution >= 0.6 is 0 Å². The lowest BCUT2D eigenvalue weighted by atomic mass is 10.1. The van der Waals surface area contributed by atoms with Crippen LogP contribution in [0.5, 0.6) is 0 Å². The normalized spacial score (nSPS) is 11.8. The highest BCUT2D eigenvalue weighted by Crippen LogP contribution is 2.15. The molecule has 0 bridgehead atoms. The number of H-pyrrole nitrogens is 1. The van der Waals surface area contributed by atoms with Crippen LogP contribution in [-0.2, 0) is 11.3 Å². The molecule has 0 saturated heterocycles. The average molecular weight is 264 g/mol. The zero-order valence-corrected chi connectivity index (χ0v) is 11.1. The van der Waals surface area contributed by atoms with Crippen LogP contribution in [0.4, 0.5) is 0 Å². The van der Waals surface area contributed by atoms with E-state index in [1.807, 2.05) is 0 Å². The van der Waals surface area contributed by atoms with Crippen molar-refractivity contribution < 1.29 is 14.3 Å². The van der Waals surface area contributed by atoms with Crippen molar-refractivity contribution in [2.75, 3.05) is 7.05 Å². The number of hydrogen-bond donors (Lipinski definition) is 2. The summed E-state index contributed by atoms with van der Waals surface area (Å²) in [6.45, 7) is 3.22. The van der Waals surface area contributed by atoms with E-state index in [1.165, 1.54) is 18.7 Å². The van der Waals surface area contributed by atoms with Crippen LogP contribution in [0.3, 0.4) is 0 Å². The molecule has 1 amide bonds. The Hall–Kier alpha value is -2.08. The second kappa shape index (κ2) is 4.55. The Morgan fingerprint density at radius 1 is 1.47 bits per heavy atom. The number of fused-ring (bicyclic) bond motifs is 1. The number of oxazole rings is 1. The SMILES string of the molecule is CN(Cc1ccc2[nH]c(=O)oc2c1)C(=O)C(C)(C)O. The summed E-state index contributed by atoms with van der Waals surface area (Å²) < 4.78 is 4.95. The second-order valence-electron chi connectivity index (χ2n) is 5.07. The van der Waals surface area contributed by atoms with Crippen LogP contribution in [0, 0.1) is 0 Å². The first-order valence-corrected chi connectivity index (χ1v) is 5.87. The van der Waals surface area contributed by atoms with Crippen LogP contribution in [0.2, 0.25) is 0 Å². The van der Waals surface area contributed by atoms with Crippen molar-refractivity contribution in [2.24, 2.45) is 0 Å². The van der Waals surface area contributed by atoms with E-state index in [1.54, 1.807) is 25.2 Å². The van der Waals surface area contributed by atoms with Gasteiger partial charge in [0.2, 0.25) is 0 Å². The van der Waals surface area contributed by atoms with Crippen molar-refractivity contribution in [1.29, 1.82) is 0 Å². The van der Waals surface area contributed by atoms with Gasteiger partial charge in [0, 0.05) is 13.6 Å². The Morgan fingerprint density at radius 3 is 2.79 bits per heavy atom. The lowest BCUT2D eigenvalue weighted by Gasteiger charge is -2.24. The van der Waals surface area contributed by atoms with Crippen LogP contribution < -0.4 is 5.76 Å². The van der Waals surface area contributed by atoms with E-state index in [0.29, 0.717) is 17.6 Å². The summed E-state index contributed by atoms with van der Waals surface area (Å²) in [7, 11) is 1.61. The molecule has 0 saturated carbocycles. The third-order valence-electron chi connectivity index (χ3n) is 2.78. The molecular weight excluding hydrogens is 248 g/mol. The number of benzene rings is 1. The van der Waals surface area contributed by atoms with Gasteiger partial charge in [-0.1, -0.05) is 6.07 Å². The summed E-state index contributed by atoms with van der Waals surface area (Å²) in [4.78, 5) is 26.8. The number of carbonyl (C=O) groups excluding carboxylic acids is 1. The highest BCUT2D eigenvalue weighted by Gasteiger charge is 2.27. The molecule has 0 aliphatic rings. The van der Waals surface area contributed by atoms with E-state index >= 15 is 0 Å². The number of rotatable bonds is 3. The van der Waals surface area contributed by atoms with E-state index in [-0.39, 0.29) is 5.91 Å². The predicted octanol–water partition coefficient (Wildman–Crippen LogP) is 0.850. The smallest absolute Gasteiger partial charge is 0.408 e. The Kier molecular flexibility index (Phi) is 3.20. The summed E-state index contributed by atoms with van der Waals surface area (Å²) in [5.74, 6) is -0.879. The fourth-order valence-electron chi connectivity index (χ4n) is 1.90. The van der Waals surface area contributed by atoms with Crippen LogP contribution in [-0.4, -0.2) is 33.5 Å². The van der Waals surface area contributed by atoms with Crippen molar-refractivity contribution >= 4 is 17.0 Å². The zero-order chi connectivity index (χ0) is 14.2. The molecule has 0 spiro atoms. The Balaban J connectivity index is 2.21. The number of nitrogens with one attached hydrogen (secondary N) is 1. The maximum Gasteiger partial charge on any atom is 0.417 e. The van der Waals surface area contributed by atoms with Gasteiger partial charge in [-0.05, 0) is 31.5 Å². The number of aromatic nitrogens is 1. The minimum Gasteiger partial charge on any atom is -0.408 e. The number of aliphatic hydroxyl groups is 1. The molecule has 0 unspecified atom stereocenters. The van der Waals surface area contributed by atoms with E-state index in [0.717, 1.165) is 5.56 Å². The topological polar surface area (TPSA) is 86.5 Å². The Bertz CT molecular complexity index is 663. The Morgan fingerprint density at radius 2 is 2.16 bits per heavy atom. The number of hydrogen-bond acceptors (Lipinski definition) is 4. The fraction of sp³-hybridized carbons (Fsp3) is 0.385. The van der Waals surface area contributed by atoms with Crippen molar-refractivity contribution in [3.8, 4) is 0 Å². The van der Waals surface area contributed by atoms with Gasteiger partial charge in [-0.2, -0.15) is 0 Å². The number of aromatic amines is 1. The molecule has 6 nitrogen and oxygen atoms in total. The van der Waals surface area contributed by atoms with Gasteiger partial charge >= 0.3 is 5.76 Å². The first-order chi connectivity index (χ1) is 8.77. The molecule has 102 valence electrons. The standard InChI is InChI=1S/C13H16N2O4/c1-13(2,18)11(16)15(3)7-8-4-5-9-10(6-8)19-12(17)14-9/h4-6,18H,7H2,1-3H3,(H,14,17). The maximum atomic E-state index is 11.8. The molecule has 1 aromatic heterocycles. The van der Waals surface area contributed by atoms with Gasteiger partial charge in [0.05, 0.1) is 5.52 Å². The molecule has 1 aromatic carbocycles. The predicted molar refractivity (Wildman–Crippen MR) is 69.6 cm³/mol. The van der Waals surface area contributed by atoms with Gasteiger partial charge in [-0.3, -0.25) is 9.78 Å². The number of likely N-dealkylation sites (N-methyl/N-ethyl adjacent to an activating group) is 1. The quantitative estimate of drug-likeness (QED) is 0.860. The molecule has 0 aliphatic heterocycles. The van der Waals surface area contributed by atoms with Crippen LogP contribution in [0.25, 0.3) is 11.1 Å².